The number of rotatable bonds is 16. The smallest absolute Gasteiger partial charge is 0.314 e. The fourth-order valence-corrected chi connectivity index (χ4v) is 17.4. The van der Waals surface area contributed by atoms with Gasteiger partial charge in [-0.3, -0.25) is 9.59 Å². The number of hydrogen-bond donors (Lipinski definition) is 10. The lowest BCUT2D eigenvalue weighted by Crippen LogP contribution is -2.65. The van der Waals surface area contributed by atoms with Gasteiger partial charge in [0, 0.05) is 24.9 Å². The summed E-state index contributed by atoms with van der Waals surface area (Å²) in [7, 11) is 1.24. The van der Waals surface area contributed by atoms with E-state index in [-0.39, 0.29) is 42.0 Å². The molecule has 4 saturated carbocycles. The Hall–Kier alpha value is -2.18. The highest BCUT2D eigenvalue weighted by Crippen LogP contribution is 2.75. The normalized spacial score (nSPS) is 52.4. The first-order chi connectivity index (χ1) is 39.1. The van der Waals surface area contributed by atoms with E-state index in [1.807, 2.05) is 20.8 Å². The monoisotopic (exact) mass is 1180 g/mol. The molecule has 5 saturated heterocycles. The number of methoxy groups -OCH3 is 1. The lowest BCUT2D eigenvalue weighted by molar-refractivity contribution is -0.365. The molecule has 10 aliphatic rings. The summed E-state index contributed by atoms with van der Waals surface area (Å²) in [5, 5.41) is 111. The molecule has 10 N–H and O–H groups in total. The van der Waals surface area contributed by atoms with E-state index >= 15 is 0 Å². The van der Waals surface area contributed by atoms with Crippen LogP contribution in [0.2, 0.25) is 0 Å². The van der Waals surface area contributed by atoms with Gasteiger partial charge in [-0.2, -0.15) is 0 Å². The third-order valence-electron chi connectivity index (χ3n) is 22.0. The fourth-order valence-electron chi connectivity index (χ4n) is 17.4. The summed E-state index contributed by atoms with van der Waals surface area (Å²) < 4.78 is 67.7. The van der Waals surface area contributed by atoms with E-state index in [9.17, 15) is 60.7 Å². The van der Waals surface area contributed by atoms with Crippen LogP contribution in [0.1, 0.15) is 120 Å². The van der Waals surface area contributed by atoms with Crippen LogP contribution in [0.25, 0.3) is 0 Å². The number of Topliss-reactive ketones (excluding diaryl/α,β-unsaturated/α-hetero) is 1. The molecule has 5 aliphatic carbocycles. The Morgan fingerprint density at radius 1 is 0.687 bits per heavy atom. The maximum absolute atomic E-state index is 14.5. The van der Waals surface area contributed by atoms with Crippen molar-refractivity contribution in [3.8, 4) is 0 Å². The Morgan fingerprint density at radius 2 is 1.34 bits per heavy atom. The largest absolute Gasteiger partial charge is 0.458 e. The first-order valence-corrected chi connectivity index (χ1v) is 30.2. The van der Waals surface area contributed by atoms with Crippen molar-refractivity contribution in [1.82, 2.24) is 0 Å². The van der Waals surface area contributed by atoms with E-state index < -0.39 is 188 Å². The van der Waals surface area contributed by atoms with Crippen LogP contribution in [0.3, 0.4) is 0 Å². The molecule has 10 rings (SSSR count). The highest BCUT2D eigenvalue weighted by Gasteiger charge is 2.79. The molecular weight excluding hydrogens is 1090 g/mol. The summed E-state index contributed by atoms with van der Waals surface area (Å²) in [6.07, 6.45) is -21.2. The number of carbonyl (C=O) groups excluding carboxylic acids is 2. The molecule has 9 unspecified atom stereocenters. The van der Waals surface area contributed by atoms with E-state index in [1.165, 1.54) is 12.7 Å². The SMILES string of the molecule is C=C(C)CCC[C@]1(C)OC(=O)[C@]23CCC4C(=CCC5C(C)(C)[C@@H](O[C@@H]6OC[C@@H](C)[C@H](O)C6O[C@H]6CC(C)[C@@H](O[C@@H]7OC[C@@H](O)C(O[C@@H]8OC(CO)[C@@H](O)C(OC)[C@@H]8O)[C@@H]7O)C(O)[C@@H]6O[C@@H]6OC[C@@H](O)C(O)[C@@H]6O)CC[C@]45C)[C@]2(C)CC(=O)[C@@H]31. The number of ketones is 1. The summed E-state index contributed by atoms with van der Waals surface area (Å²) in [5.74, 6) is -1.52. The summed E-state index contributed by atoms with van der Waals surface area (Å²) in [6.45, 7) is 19.1. The van der Waals surface area contributed by atoms with Crippen LogP contribution in [0.5, 0.6) is 0 Å². The summed E-state index contributed by atoms with van der Waals surface area (Å²) in [5.41, 5.74) is -0.934. The summed E-state index contributed by atoms with van der Waals surface area (Å²) in [6, 6.07) is 0. The molecule has 5 heterocycles. The molecule has 5 aliphatic heterocycles. The maximum atomic E-state index is 14.5. The molecule has 0 bridgehead atoms. The van der Waals surface area contributed by atoms with Gasteiger partial charge in [-0.1, -0.05) is 58.8 Å². The predicted molar refractivity (Wildman–Crippen MR) is 288 cm³/mol. The minimum absolute atomic E-state index is 0.0470. The first-order valence-electron chi connectivity index (χ1n) is 30.2. The Balaban J connectivity index is 0.866. The van der Waals surface area contributed by atoms with Gasteiger partial charge in [0.05, 0.1) is 62.2 Å². The second-order valence-electron chi connectivity index (χ2n) is 27.7. The van der Waals surface area contributed by atoms with Crippen LogP contribution in [0.15, 0.2) is 23.8 Å². The van der Waals surface area contributed by atoms with Gasteiger partial charge >= 0.3 is 5.97 Å². The highest BCUT2D eigenvalue weighted by atomic mass is 16.8. The Kier molecular flexibility index (Phi) is 18.4. The number of ether oxygens (including phenoxy) is 11. The van der Waals surface area contributed by atoms with Crippen molar-refractivity contribution in [3.05, 3.63) is 23.8 Å². The maximum Gasteiger partial charge on any atom is 0.314 e. The Morgan fingerprint density at radius 3 is 2.02 bits per heavy atom. The molecule has 0 aromatic carbocycles. The van der Waals surface area contributed by atoms with Crippen LogP contribution in [-0.4, -0.2) is 231 Å². The van der Waals surface area contributed by atoms with Gasteiger partial charge in [-0.15, -0.1) is 6.58 Å². The van der Waals surface area contributed by atoms with Crippen molar-refractivity contribution in [3.63, 3.8) is 0 Å². The van der Waals surface area contributed by atoms with Crippen LogP contribution in [0, 0.1) is 51.2 Å². The van der Waals surface area contributed by atoms with Gasteiger partial charge in [0.25, 0.3) is 0 Å². The third-order valence-corrected chi connectivity index (χ3v) is 22.0. The third kappa shape index (κ3) is 10.8. The van der Waals surface area contributed by atoms with E-state index in [4.69, 9.17) is 52.1 Å². The van der Waals surface area contributed by atoms with Gasteiger partial charge in [0.2, 0.25) is 0 Å². The van der Waals surface area contributed by atoms with Crippen molar-refractivity contribution in [1.29, 1.82) is 0 Å². The number of fused-ring (bicyclic) bond motifs is 4. The molecule has 83 heavy (non-hydrogen) atoms. The highest BCUT2D eigenvalue weighted by molar-refractivity contribution is 5.99. The van der Waals surface area contributed by atoms with Gasteiger partial charge in [-0.25, -0.2) is 0 Å². The molecule has 0 amide bonds. The number of aliphatic hydroxyl groups is 10. The summed E-state index contributed by atoms with van der Waals surface area (Å²) >= 11 is 0. The average molecular weight is 1180 g/mol. The van der Waals surface area contributed by atoms with E-state index in [2.05, 4.69) is 40.3 Å². The first kappa shape index (κ1) is 63.8. The lowest BCUT2D eigenvalue weighted by Gasteiger charge is -2.63. The molecule has 23 heteroatoms. The Bertz CT molecular complexity index is 2370. The van der Waals surface area contributed by atoms with Crippen LogP contribution >= 0.6 is 0 Å². The predicted octanol–water partition coefficient (Wildman–Crippen LogP) is 0.832. The average Bonchev–Trinajstić information content (AvgIpc) is 1.76. The molecule has 0 aromatic heterocycles. The van der Waals surface area contributed by atoms with Crippen LogP contribution in [-0.2, 0) is 61.7 Å². The summed E-state index contributed by atoms with van der Waals surface area (Å²) in [4.78, 5) is 28.9. The number of allylic oxidation sites excluding steroid dienone is 3. The second-order valence-corrected chi connectivity index (χ2v) is 27.7. The van der Waals surface area contributed by atoms with Crippen molar-refractivity contribution in [2.45, 2.75) is 254 Å². The molecule has 0 aromatic rings. The number of hydrogen-bond acceptors (Lipinski definition) is 23. The van der Waals surface area contributed by atoms with Crippen molar-refractivity contribution in [2.24, 2.45) is 51.2 Å². The van der Waals surface area contributed by atoms with E-state index in [1.54, 1.807) is 6.92 Å². The molecule has 472 valence electrons. The topological polar surface area (TPSA) is 338 Å². The minimum Gasteiger partial charge on any atom is -0.458 e. The van der Waals surface area contributed by atoms with Gasteiger partial charge < -0.3 is 103 Å². The standard InChI is InChI=1S/C60H94O23/c1-26(2)12-11-17-59(9)50-31(62)21-58(8)30-13-14-36-56(5,6)37(16-18-57(36,7)29(30)15-19-60(50,58)55(72)83-59)79-54-49(38(65)28(4)23-74-54)77-34-20-27(3)45(42(69)47(34)82-51-41(68)39(66)32(63)24-75-51)80-52-43(70)46(33(64)25-76-52)81-53-44(71)48(73-10)40(67)35(22-61)78-53/h13,27-29,32-54,61,63-71H,1,11-12,14-25H2,2-10H3/t27?,28-,29?,32-,33-,34+,35?,36?,37+,38+,39?,40-,41+,42?,43+,44+,45-,46?,47-,48?,49?,50-,51+,52+,53+,54+,57-,58+,59+,60-/m1/s1. The number of esters is 1. The minimum atomic E-state index is -1.79. The van der Waals surface area contributed by atoms with Crippen molar-refractivity contribution in [2.75, 3.05) is 33.5 Å². The molecular formula is C60H94O23. The Labute approximate surface area is 485 Å². The van der Waals surface area contributed by atoms with Crippen molar-refractivity contribution < 1.29 is 113 Å². The zero-order valence-corrected chi connectivity index (χ0v) is 49.5. The number of carbonyl (C=O) groups is 2. The molecule has 1 spiro atoms. The lowest BCUT2D eigenvalue weighted by atomic mass is 9.41. The van der Waals surface area contributed by atoms with Gasteiger partial charge in [0.15, 0.2) is 25.2 Å². The molecule has 0 radical (unpaired) electrons. The van der Waals surface area contributed by atoms with E-state index in [0.717, 1.165) is 31.3 Å². The van der Waals surface area contributed by atoms with Crippen LogP contribution in [0.4, 0.5) is 0 Å². The second kappa shape index (κ2) is 24.0. The van der Waals surface area contributed by atoms with Crippen LogP contribution < -0.4 is 0 Å². The number of cyclic esters (lactones) is 1. The molecule has 9 fully saturated rings. The zero-order valence-electron chi connectivity index (χ0n) is 49.5. The van der Waals surface area contributed by atoms with Gasteiger partial charge in [0.1, 0.15) is 90.7 Å². The molecule has 23 nitrogen and oxygen atoms in total. The van der Waals surface area contributed by atoms with Gasteiger partial charge in [-0.05, 0) is 100 Å². The quantitative estimate of drug-likeness (QED) is 0.0756. The molecule has 30 atom stereocenters. The zero-order chi connectivity index (χ0) is 60.2. The van der Waals surface area contributed by atoms with Crippen molar-refractivity contribution >= 4 is 11.8 Å². The fraction of sp³-hybridized carbons (Fsp3) is 0.900. The number of aliphatic hydroxyl groups excluding tert-OH is 10. The van der Waals surface area contributed by atoms with E-state index in [0.29, 0.717) is 32.1 Å².